The van der Waals surface area contributed by atoms with Gasteiger partial charge in [0.25, 0.3) is 0 Å². The molecule has 0 saturated heterocycles. The van der Waals surface area contributed by atoms with Crippen LogP contribution in [0.25, 0.3) is 0 Å². The molecule has 0 radical (unpaired) electrons. The van der Waals surface area contributed by atoms with Gasteiger partial charge in [-0.05, 0) is 37.6 Å². The van der Waals surface area contributed by atoms with Gasteiger partial charge in [-0.1, -0.05) is 42.5 Å². The molecule has 0 fully saturated rings. The lowest BCUT2D eigenvalue weighted by atomic mass is 9.80. The lowest BCUT2D eigenvalue weighted by molar-refractivity contribution is -0.168. The molecule has 0 heterocycles. The van der Waals surface area contributed by atoms with Gasteiger partial charge >= 0.3 is 17.9 Å². The van der Waals surface area contributed by atoms with Gasteiger partial charge < -0.3 is 14.2 Å². The SMILES string of the molecule is COC(=O)/C=C/CC(CC(=C(C)S(=O)(=O)c1ccccc1)S(=O)(=O)c1ccccc1)(C(=O)OC)C(=O)OC. The van der Waals surface area contributed by atoms with E-state index < -0.39 is 65.6 Å². The molecular formula is C26H28O10S2. The van der Waals surface area contributed by atoms with Crippen LogP contribution in [-0.2, 0) is 48.3 Å². The zero-order valence-corrected chi connectivity index (χ0v) is 22.9. The molecule has 0 bridgehead atoms. The molecule has 0 aliphatic carbocycles. The lowest BCUT2D eigenvalue weighted by Crippen LogP contribution is -2.42. The van der Waals surface area contributed by atoms with E-state index >= 15 is 0 Å². The fourth-order valence-corrected chi connectivity index (χ4v) is 7.15. The summed E-state index contributed by atoms with van der Waals surface area (Å²) in [4.78, 5) is 36.0. The van der Waals surface area contributed by atoms with Gasteiger partial charge in [0, 0.05) is 12.5 Å². The minimum Gasteiger partial charge on any atom is -0.468 e. The third-order valence-corrected chi connectivity index (χ3v) is 9.83. The molecule has 0 spiro atoms. The Morgan fingerprint density at radius 1 is 0.737 bits per heavy atom. The molecule has 0 unspecified atom stereocenters. The maximum atomic E-state index is 13.9. The van der Waals surface area contributed by atoms with Gasteiger partial charge in [0.2, 0.25) is 19.7 Å². The Balaban J connectivity index is 2.92. The Hall–Kier alpha value is -3.77. The van der Waals surface area contributed by atoms with E-state index in [2.05, 4.69) is 4.74 Å². The van der Waals surface area contributed by atoms with Crippen molar-refractivity contribution in [2.24, 2.45) is 5.41 Å². The molecule has 0 N–H and O–H groups in total. The Labute approximate surface area is 221 Å². The highest BCUT2D eigenvalue weighted by atomic mass is 32.2. The highest BCUT2D eigenvalue weighted by molar-refractivity contribution is 7.99. The van der Waals surface area contributed by atoms with E-state index in [1.54, 1.807) is 12.1 Å². The summed E-state index contributed by atoms with van der Waals surface area (Å²) >= 11 is 0. The van der Waals surface area contributed by atoms with Crippen LogP contribution in [0.5, 0.6) is 0 Å². The van der Waals surface area contributed by atoms with Gasteiger partial charge in [0.15, 0.2) is 5.41 Å². The molecule has 2 aromatic carbocycles. The van der Waals surface area contributed by atoms with Crippen molar-refractivity contribution in [3.8, 4) is 0 Å². The van der Waals surface area contributed by atoms with Gasteiger partial charge in [0.05, 0.1) is 40.9 Å². The van der Waals surface area contributed by atoms with Crippen molar-refractivity contribution in [3.05, 3.63) is 82.6 Å². The second kappa shape index (κ2) is 12.7. The van der Waals surface area contributed by atoms with Crippen LogP contribution in [0.4, 0.5) is 0 Å². The quantitative estimate of drug-likeness (QED) is 0.173. The minimum absolute atomic E-state index is 0.189. The molecule has 0 saturated carbocycles. The van der Waals surface area contributed by atoms with Gasteiger partial charge in [-0.15, -0.1) is 0 Å². The topological polar surface area (TPSA) is 147 Å². The van der Waals surface area contributed by atoms with Crippen LogP contribution in [-0.4, -0.2) is 56.1 Å². The van der Waals surface area contributed by atoms with E-state index in [0.717, 1.165) is 40.4 Å². The van der Waals surface area contributed by atoms with E-state index in [1.165, 1.54) is 48.5 Å². The Morgan fingerprint density at radius 2 is 1.18 bits per heavy atom. The highest BCUT2D eigenvalue weighted by Crippen LogP contribution is 2.40. The average Bonchev–Trinajstić information content (AvgIpc) is 2.94. The largest absolute Gasteiger partial charge is 0.468 e. The summed E-state index contributed by atoms with van der Waals surface area (Å²) in [7, 11) is -5.91. The first-order valence-corrected chi connectivity index (χ1v) is 14.1. The number of benzene rings is 2. The van der Waals surface area contributed by atoms with E-state index in [4.69, 9.17) is 9.47 Å². The van der Waals surface area contributed by atoms with Gasteiger partial charge in [0.1, 0.15) is 0 Å². The van der Waals surface area contributed by atoms with Crippen LogP contribution in [0.3, 0.4) is 0 Å². The van der Waals surface area contributed by atoms with Crippen molar-refractivity contribution in [1.82, 2.24) is 0 Å². The molecule has 204 valence electrons. The summed E-state index contributed by atoms with van der Waals surface area (Å²) in [6.45, 7) is 1.09. The number of sulfone groups is 2. The molecular weight excluding hydrogens is 536 g/mol. The van der Waals surface area contributed by atoms with Crippen molar-refractivity contribution in [3.63, 3.8) is 0 Å². The second-order valence-electron chi connectivity index (χ2n) is 7.98. The summed E-state index contributed by atoms with van der Waals surface area (Å²) in [6.07, 6.45) is 0.553. The third-order valence-electron chi connectivity index (χ3n) is 5.76. The summed E-state index contributed by atoms with van der Waals surface area (Å²) < 4.78 is 69.0. The molecule has 10 nitrogen and oxygen atoms in total. The number of hydrogen-bond donors (Lipinski definition) is 0. The number of carbonyl (C=O) groups is 3. The van der Waals surface area contributed by atoms with E-state index in [0.29, 0.717) is 0 Å². The molecule has 2 rings (SSSR count). The summed E-state index contributed by atoms with van der Waals surface area (Å²) in [5.41, 5.74) is -2.36. The molecule has 38 heavy (non-hydrogen) atoms. The summed E-state index contributed by atoms with van der Waals surface area (Å²) in [5, 5.41) is 0. The number of carbonyl (C=O) groups excluding carboxylic acids is 3. The number of esters is 3. The van der Waals surface area contributed by atoms with Crippen molar-refractivity contribution in [2.75, 3.05) is 21.3 Å². The van der Waals surface area contributed by atoms with Crippen LogP contribution in [0.2, 0.25) is 0 Å². The molecule has 0 aromatic heterocycles. The average molecular weight is 565 g/mol. The van der Waals surface area contributed by atoms with Crippen LogP contribution >= 0.6 is 0 Å². The normalized spacial score (nSPS) is 12.9. The van der Waals surface area contributed by atoms with E-state index in [-0.39, 0.29) is 9.79 Å². The van der Waals surface area contributed by atoms with Gasteiger partial charge in [-0.2, -0.15) is 0 Å². The van der Waals surface area contributed by atoms with Crippen LogP contribution in [0.1, 0.15) is 19.8 Å². The molecule has 12 heteroatoms. The minimum atomic E-state index is -4.58. The highest BCUT2D eigenvalue weighted by Gasteiger charge is 2.51. The second-order valence-corrected chi connectivity index (χ2v) is 12.0. The number of rotatable bonds is 11. The van der Waals surface area contributed by atoms with Crippen LogP contribution < -0.4 is 0 Å². The van der Waals surface area contributed by atoms with E-state index in [9.17, 15) is 31.2 Å². The standard InChI is InChI=1S/C26H28O10S2/c1-19(37(30,31)20-12-7-5-8-13-20)22(38(32,33)21-14-9-6-10-15-21)18-26(24(28)35-3,25(29)36-4)17-11-16-23(27)34-2/h5-16H,17-18H2,1-4H3/b16-11+,22-19?. The molecule has 2 aromatic rings. The first-order valence-electron chi connectivity index (χ1n) is 11.1. The van der Waals surface area contributed by atoms with Crippen molar-refractivity contribution < 1.29 is 45.4 Å². The fraction of sp³-hybridized carbons (Fsp3) is 0.269. The smallest absolute Gasteiger partial charge is 0.330 e. The van der Waals surface area contributed by atoms with Crippen LogP contribution in [0, 0.1) is 5.41 Å². The summed E-state index contributed by atoms with van der Waals surface area (Å²) in [6, 6.07) is 14.1. The lowest BCUT2D eigenvalue weighted by Gasteiger charge is -2.29. The Bertz CT molecular complexity index is 1420. The van der Waals surface area contributed by atoms with E-state index in [1.807, 2.05) is 0 Å². The number of methoxy groups -OCH3 is 3. The Morgan fingerprint density at radius 3 is 1.61 bits per heavy atom. The number of ether oxygens (including phenoxy) is 3. The van der Waals surface area contributed by atoms with Crippen molar-refractivity contribution in [2.45, 2.75) is 29.6 Å². The zero-order valence-electron chi connectivity index (χ0n) is 21.2. The maximum Gasteiger partial charge on any atom is 0.330 e. The maximum absolute atomic E-state index is 13.9. The van der Waals surface area contributed by atoms with Crippen molar-refractivity contribution in [1.29, 1.82) is 0 Å². The molecule has 0 atom stereocenters. The predicted molar refractivity (Wildman–Crippen MR) is 137 cm³/mol. The first-order chi connectivity index (χ1) is 17.9. The fourth-order valence-electron chi connectivity index (χ4n) is 3.63. The number of hydrogen-bond acceptors (Lipinski definition) is 10. The van der Waals surface area contributed by atoms with Gasteiger partial charge in [-0.25, -0.2) is 21.6 Å². The van der Waals surface area contributed by atoms with Crippen LogP contribution in [0.15, 0.2) is 92.4 Å². The zero-order chi connectivity index (χ0) is 28.6. The number of allylic oxidation sites excluding steroid dienone is 3. The Kier molecular flexibility index (Phi) is 10.1. The summed E-state index contributed by atoms with van der Waals surface area (Å²) in [5.74, 6) is -3.18. The predicted octanol–water partition coefficient (Wildman–Crippen LogP) is 3.01. The first kappa shape index (κ1) is 30.5. The molecule has 0 amide bonds. The molecule has 0 aliphatic rings. The van der Waals surface area contributed by atoms with Crippen molar-refractivity contribution >= 4 is 37.6 Å². The third kappa shape index (κ3) is 6.37. The molecule has 0 aliphatic heterocycles. The van der Waals surface area contributed by atoms with Gasteiger partial charge in [-0.3, -0.25) is 9.59 Å². The monoisotopic (exact) mass is 564 g/mol.